The van der Waals surface area contributed by atoms with Gasteiger partial charge in [0, 0.05) is 18.3 Å². The van der Waals surface area contributed by atoms with Crippen LogP contribution < -0.4 is 5.32 Å². The van der Waals surface area contributed by atoms with Crippen molar-refractivity contribution in [1.29, 1.82) is 0 Å². The number of pyridine rings is 1. The van der Waals surface area contributed by atoms with E-state index in [0.29, 0.717) is 17.1 Å². The smallest absolute Gasteiger partial charge is 0.255 e. The molecule has 3 aromatic rings. The van der Waals surface area contributed by atoms with E-state index in [0.717, 1.165) is 19.6 Å². The van der Waals surface area contributed by atoms with E-state index in [4.69, 9.17) is 0 Å². The Hall–Kier alpha value is -3.06. The van der Waals surface area contributed by atoms with Crippen LogP contribution in [-0.2, 0) is 6.54 Å². The number of benzene rings is 1. The van der Waals surface area contributed by atoms with Crippen LogP contribution in [0.2, 0.25) is 0 Å². The first-order valence-electron chi connectivity index (χ1n) is 8.64. The summed E-state index contributed by atoms with van der Waals surface area (Å²) in [5, 5.41) is 6.97. The predicted molar refractivity (Wildman–Crippen MR) is 100 cm³/mol. The van der Waals surface area contributed by atoms with E-state index in [-0.39, 0.29) is 5.91 Å². The molecular weight excluding hydrogens is 328 g/mol. The molecule has 0 spiro atoms. The molecule has 7 nitrogen and oxygen atoms in total. The molecule has 1 aromatic carbocycles. The van der Waals surface area contributed by atoms with Gasteiger partial charge in [0.2, 0.25) is 0 Å². The van der Waals surface area contributed by atoms with Crippen LogP contribution in [0.5, 0.6) is 0 Å². The Morgan fingerprint density at radius 2 is 1.92 bits per heavy atom. The molecule has 3 rings (SSSR count). The van der Waals surface area contributed by atoms with Crippen LogP contribution >= 0.6 is 0 Å². The van der Waals surface area contributed by atoms with Crippen molar-refractivity contribution in [1.82, 2.24) is 24.6 Å². The Labute approximate surface area is 152 Å². The van der Waals surface area contributed by atoms with Gasteiger partial charge in [0.25, 0.3) is 5.91 Å². The van der Waals surface area contributed by atoms with Crippen molar-refractivity contribution >= 4 is 11.6 Å². The molecule has 0 fully saturated rings. The Morgan fingerprint density at radius 1 is 1.15 bits per heavy atom. The summed E-state index contributed by atoms with van der Waals surface area (Å²) in [4.78, 5) is 23.1. The van der Waals surface area contributed by atoms with Gasteiger partial charge in [-0.1, -0.05) is 26.0 Å². The van der Waals surface area contributed by atoms with Crippen molar-refractivity contribution < 1.29 is 4.79 Å². The molecule has 0 atom stereocenters. The maximum Gasteiger partial charge on any atom is 0.255 e. The summed E-state index contributed by atoms with van der Waals surface area (Å²) in [7, 11) is 0. The summed E-state index contributed by atoms with van der Waals surface area (Å²) >= 11 is 0. The third-order valence-corrected chi connectivity index (χ3v) is 4.19. The van der Waals surface area contributed by atoms with E-state index < -0.39 is 0 Å². The molecule has 0 saturated heterocycles. The third-order valence-electron chi connectivity index (χ3n) is 4.19. The minimum atomic E-state index is -0.186. The van der Waals surface area contributed by atoms with Crippen LogP contribution in [0.1, 0.15) is 29.8 Å². The van der Waals surface area contributed by atoms with Crippen molar-refractivity contribution in [2.75, 3.05) is 18.4 Å². The standard InChI is InChI=1S/C19H22N6O/c1-3-24(4-2)12-15-7-9-16(10-8-15)19(26)23-17-6-5-11-21-18(17)25-14-20-13-22-25/h5-11,13-14H,3-4,12H2,1-2H3,(H,23,26). The van der Waals surface area contributed by atoms with Crippen molar-refractivity contribution in [3.63, 3.8) is 0 Å². The van der Waals surface area contributed by atoms with Gasteiger partial charge in [-0.3, -0.25) is 9.69 Å². The first-order valence-corrected chi connectivity index (χ1v) is 8.64. The van der Waals surface area contributed by atoms with Crippen LogP contribution in [0.25, 0.3) is 5.82 Å². The van der Waals surface area contributed by atoms with Crippen molar-refractivity contribution in [3.8, 4) is 5.82 Å². The van der Waals surface area contributed by atoms with Gasteiger partial charge < -0.3 is 5.32 Å². The molecule has 0 unspecified atom stereocenters. The molecule has 0 bridgehead atoms. The van der Waals surface area contributed by atoms with Crippen LogP contribution in [0, 0.1) is 0 Å². The van der Waals surface area contributed by atoms with E-state index in [9.17, 15) is 4.79 Å². The number of hydrogen-bond donors (Lipinski definition) is 1. The van der Waals surface area contributed by atoms with E-state index in [1.165, 1.54) is 16.6 Å². The van der Waals surface area contributed by atoms with E-state index >= 15 is 0 Å². The number of aromatic nitrogens is 4. The Bertz CT molecular complexity index is 841. The number of nitrogens with zero attached hydrogens (tertiary/aromatic N) is 5. The number of anilines is 1. The Balaban J connectivity index is 1.73. The zero-order valence-electron chi connectivity index (χ0n) is 15.0. The summed E-state index contributed by atoms with van der Waals surface area (Å²) < 4.78 is 1.52. The lowest BCUT2D eigenvalue weighted by atomic mass is 10.1. The zero-order valence-corrected chi connectivity index (χ0v) is 15.0. The highest BCUT2D eigenvalue weighted by atomic mass is 16.1. The lowest BCUT2D eigenvalue weighted by Crippen LogP contribution is -2.22. The molecule has 134 valence electrons. The normalized spacial score (nSPS) is 10.9. The monoisotopic (exact) mass is 350 g/mol. The molecule has 26 heavy (non-hydrogen) atoms. The average molecular weight is 350 g/mol. The van der Waals surface area contributed by atoms with E-state index in [1.807, 2.05) is 24.3 Å². The minimum Gasteiger partial charge on any atom is -0.319 e. The van der Waals surface area contributed by atoms with Crippen molar-refractivity contribution in [2.24, 2.45) is 0 Å². The fourth-order valence-corrected chi connectivity index (χ4v) is 2.66. The second-order valence-electron chi connectivity index (χ2n) is 5.83. The molecule has 2 heterocycles. The van der Waals surface area contributed by atoms with Crippen molar-refractivity contribution in [2.45, 2.75) is 20.4 Å². The van der Waals surface area contributed by atoms with Crippen LogP contribution in [-0.4, -0.2) is 43.6 Å². The maximum absolute atomic E-state index is 12.6. The van der Waals surface area contributed by atoms with Gasteiger partial charge in [0.1, 0.15) is 12.7 Å². The first kappa shape index (κ1) is 17.8. The molecule has 0 radical (unpaired) electrons. The highest BCUT2D eigenvalue weighted by molar-refractivity contribution is 6.05. The Morgan fingerprint density at radius 3 is 2.58 bits per heavy atom. The zero-order chi connectivity index (χ0) is 18.4. The molecule has 0 saturated carbocycles. The molecule has 0 aliphatic carbocycles. The highest BCUT2D eigenvalue weighted by Crippen LogP contribution is 2.17. The molecule has 0 aliphatic heterocycles. The number of carbonyl (C=O) groups excluding carboxylic acids is 1. The minimum absolute atomic E-state index is 0.186. The summed E-state index contributed by atoms with van der Waals surface area (Å²) in [6, 6.07) is 11.2. The van der Waals surface area contributed by atoms with E-state index in [2.05, 4.69) is 39.1 Å². The molecule has 0 aliphatic rings. The first-order chi connectivity index (χ1) is 12.7. The molecule has 7 heteroatoms. The molecule has 1 amide bonds. The second-order valence-corrected chi connectivity index (χ2v) is 5.83. The lowest BCUT2D eigenvalue weighted by Gasteiger charge is -2.18. The number of rotatable bonds is 7. The number of carbonyl (C=O) groups is 1. The van der Waals surface area contributed by atoms with Crippen LogP contribution in [0.4, 0.5) is 5.69 Å². The fourth-order valence-electron chi connectivity index (χ4n) is 2.66. The largest absolute Gasteiger partial charge is 0.319 e. The fraction of sp³-hybridized carbons (Fsp3) is 0.263. The summed E-state index contributed by atoms with van der Waals surface area (Å²) in [5.41, 5.74) is 2.37. The topological polar surface area (TPSA) is 75.9 Å². The summed E-state index contributed by atoms with van der Waals surface area (Å²) in [6.07, 6.45) is 4.61. The predicted octanol–water partition coefficient (Wildman–Crippen LogP) is 2.76. The number of hydrogen-bond acceptors (Lipinski definition) is 5. The van der Waals surface area contributed by atoms with Gasteiger partial charge in [-0.25, -0.2) is 14.6 Å². The van der Waals surface area contributed by atoms with Gasteiger partial charge in [-0.2, -0.15) is 5.10 Å². The molecule has 2 aromatic heterocycles. The lowest BCUT2D eigenvalue weighted by molar-refractivity contribution is 0.102. The average Bonchev–Trinajstić information content (AvgIpc) is 3.21. The highest BCUT2D eigenvalue weighted by Gasteiger charge is 2.12. The van der Waals surface area contributed by atoms with Gasteiger partial charge in [-0.05, 0) is 42.9 Å². The Kier molecular flexibility index (Phi) is 5.70. The van der Waals surface area contributed by atoms with Crippen molar-refractivity contribution in [3.05, 3.63) is 66.4 Å². The van der Waals surface area contributed by atoms with Gasteiger partial charge in [0.15, 0.2) is 5.82 Å². The summed E-state index contributed by atoms with van der Waals surface area (Å²) in [6.45, 7) is 7.18. The summed E-state index contributed by atoms with van der Waals surface area (Å²) in [5.74, 6) is 0.338. The van der Waals surface area contributed by atoms with Gasteiger partial charge in [-0.15, -0.1) is 0 Å². The van der Waals surface area contributed by atoms with E-state index in [1.54, 1.807) is 24.7 Å². The third kappa shape index (κ3) is 4.12. The van der Waals surface area contributed by atoms with Gasteiger partial charge >= 0.3 is 0 Å². The maximum atomic E-state index is 12.6. The van der Waals surface area contributed by atoms with Crippen LogP contribution in [0.3, 0.4) is 0 Å². The van der Waals surface area contributed by atoms with Crippen LogP contribution in [0.15, 0.2) is 55.2 Å². The second kappa shape index (κ2) is 8.35. The van der Waals surface area contributed by atoms with Gasteiger partial charge in [0.05, 0.1) is 5.69 Å². The molecule has 1 N–H and O–H groups in total. The molecular formula is C19H22N6O. The number of amides is 1. The SMILES string of the molecule is CCN(CC)Cc1ccc(C(=O)Nc2cccnc2-n2cncn2)cc1. The number of nitrogens with one attached hydrogen (secondary N) is 1. The quantitative estimate of drug-likeness (QED) is 0.709.